The number of halogens is 1. The zero-order valence-corrected chi connectivity index (χ0v) is 13.9. The van der Waals surface area contributed by atoms with E-state index >= 15 is 0 Å². The smallest absolute Gasteiger partial charge is 0.142 e. The molecule has 3 nitrogen and oxygen atoms in total. The number of nitrogens with one attached hydrogen (secondary N) is 1. The minimum atomic E-state index is 0.718. The van der Waals surface area contributed by atoms with E-state index < -0.39 is 0 Å². The third-order valence-electron chi connectivity index (χ3n) is 4.13. The molecular weight excluding hydrogens is 314 g/mol. The van der Waals surface area contributed by atoms with Crippen LogP contribution < -0.4 is 5.32 Å². The first-order chi connectivity index (χ1) is 10.7. The Morgan fingerprint density at radius 1 is 1.18 bits per heavy atom. The van der Waals surface area contributed by atoms with Crippen molar-refractivity contribution < 1.29 is 0 Å². The second-order valence-electron chi connectivity index (χ2n) is 5.72. The SMILES string of the molecule is Cc1ccc(Nc2ncnc3sc4c(c23)CCCC4)c(Cl)c1. The van der Waals surface area contributed by atoms with Crippen LogP contribution in [0.1, 0.15) is 28.8 Å². The number of benzene rings is 1. The van der Waals surface area contributed by atoms with Crippen molar-refractivity contribution in [3.8, 4) is 0 Å². The Morgan fingerprint density at radius 3 is 2.91 bits per heavy atom. The van der Waals surface area contributed by atoms with Gasteiger partial charge in [0.25, 0.3) is 0 Å². The van der Waals surface area contributed by atoms with Gasteiger partial charge in [-0.25, -0.2) is 9.97 Å². The standard InChI is InChI=1S/C17H16ClN3S/c1-10-6-7-13(12(18)8-10)21-16-15-11-4-2-3-5-14(11)22-17(15)20-9-19-16/h6-9H,2-5H2,1H3,(H,19,20,21). The van der Waals surface area contributed by atoms with Crippen LogP contribution in [-0.4, -0.2) is 9.97 Å². The molecule has 112 valence electrons. The highest BCUT2D eigenvalue weighted by molar-refractivity contribution is 7.19. The second kappa shape index (κ2) is 5.52. The summed E-state index contributed by atoms with van der Waals surface area (Å²) in [6.45, 7) is 2.04. The molecule has 2 heterocycles. The normalized spacial score (nSPS) is 14.1. The van der Waals surface area contributed by atoms with Gasteiger partial charge in [0.15, 0.2) is 0 Å². The molecule has 0 unspecified atom stereocenters. The Kier molecular flexibility index (Phi) is 3.51. The third-order valence-corrected chi connectivity index (χ3v) is 5.64. The third kappa shape index (κ3) is 2.36. The lowest BCUT2D eigenvalue weighted by Gasteiger charge is -2.13. The zero-order valence-electron chi connectivity index (χ0n) is 12.3. The van der Waals surface area contributed by atoms with Gasteiger partial charge in [-0.15, -0.1) is 11.3 Å². The molecule has 4 rings (SSSR count). The molecule has 1 aliphatic rings. The maximum atomic E-state index is 6.34. The minimum absolute atomic E-state index is 0.718. The Labute approximate surface area is 138 Å². The van der Waals surface area contributed by atoms with Gasteiger partial charge in [-0.2, -0.15) is 0 Å². The van der Waals surface area contributed by atoms with Crippen molar-refractivity contribution in [3.63, 3.8) is 0 Å². The van der Waals surface area contributed by atoms with Gasteiger partial charge in [0, 0.05) is 4.88 Å². The number of thiophene rings is 1. The molecule has 0 bridgehead atoms. The Balaban J connectivity index is 1.83. The molecule has 0 radical (unpaired) electrons. The number of anilines is 2. The maximum absolute atomic E-state index is 6.34. The number of nitrogens with zero attached hydrogens (tertiary/aromatic N) is 2. The summed E-state index contributed by atoms with van der Waals surface area (Å²) >= 11 is 8.15. The number of rotatable bonds is 2. The van der Waals surface area contributed by atoms with Crippen LogP contribution in [0.25, 0.3) is 10.2 Å². The summed E-state index contributed by atoms with van der Waals surface area (Å²) in [7, 11) is 0. The largest absolute Gasteiger partial charge is 0.338 e. The van der Waals surface area contributed by atoms with Crippen LogP contribution in [0.3, 0.4) is 0 Å². The van der Waals surface area contributed by atoms with Gasteiger partial charge in [0.05, 0.1) is 16.1 Å². The van der Waals surface area contributed by atoms with Crippen molar-refractivity contribution >= 4 is 44.7 Å². The highest BCUT2D eigenvalue weighted by Gasteiger charge is 2.20. The topological polar surface area (TPSA) is 37.8 Å². The van der Waals surface area contributed by atoms with E-state index in [9.17, 15) is 0 Å². The van der Waals surface area contributed by atoms with Crippen LogP contribution in [0.15, 0.2) is 24.5 Å². The summed E-state index contributed by atoms with van der Waals surface area (Å²) in [5, 5.41) is 5.30. The predicted octanol–water partition coefficient (Wildman–Crippen LogP) is 5.28. The van der Waals surface area contributed by atoms with E-state index in [2.05, 4.69) is 21.4 Å². The molecule has 1 aromatic carbocycles. The Bertz CT molecular complexity index is 856. The van der Waals surface area contributed by atoms with E-state index in [0.717, 1.165) is 33.3 Å². The van der Waals surface area contributed by atoms with Gasteiger partial charge < -0.3 is 5.32 Å². The first kappa shape index (κ1) is 14.0. The molecule has 0 saturated carbocycles. The van der Waals surface area contributed by atoms with Crippen molar-refractivity contribution in [3.05, 3.63) is 45.6 Å². The van der Waals surface area contributed by atoms with Crippen molar-refractivity contribution in [2.75, 3.05) is 5.32 Å². The first-order valence-corrected chi connectivity index (χ1v) is 8.70. The Hall–Kier alpha value is -1.65. The average Bonchev–Trinajstić information content (AvgIpc) is 2.89. The maximum Gasteiger partial charge on any atom is 0.142 e. The molecule has 1 N–H and O–H groups in total. The number of hydrogen-bond donors (Lipinski definition) is 1. The van der Waals surface area contributed by atoms with E-state index in [1.54, 1.807) is 17.7 Å². The average molecular weight is 330 g/mol. The molecule has 5 heteroatoms. The predicted molar refractivity (Wildman–Crippen MR) is 93.5 cm³/mol. The van der Waals surface area contributed by atoms with Gasteiger partial charge in [0.1, 0.15) is 17.0 Å². The molecule has 1 aliphatic carbocycles. The van der Waals surface area contributed by atoms with Gasteiger partial charge in [-0.1, -0.05) is 17.7 Å². The van der Waals surface area contributed by atoms with Gasteiger partial charge in [-0.05, 0) is 55.9 Å². The summed E-state index contributed by atoms with van der Waals surface area (Å²) in [5.74, 6) is 0.871. The first-order valence-electron chi connectivity index (χ1n) is 7.51. The zero-order chi connectivity index (χ0) is 15.1. The monoisotopic (exact) mass is 329 g/mol. The summed E-state index contributed by atoms with van der Waals surface area (Å²) < 4.78 is 0. The highest BCUT2D eigenvalue weighted by Crippen LogP contribution is 2.39. The molecular formula is C17H16ClN3S. The summed E-state index contributed by atoms with van der Waals surface area (Å²) in [6, 6.07) is 6.02. The molecule has 0 spiro atoms. The molecule has 2 aromatic heterocycles. The van der Waals surface area contributed by atoms with E-state index in [1.807, 2.05) is 19.1 Å². The number of aryl methyl sites for hydroxylation is 3. The number of fused-ring (bicyclic) bond motifs is 3. The fraction of sp³-hybridized carbons (Fsp3) is 0.294. The lowest BCUT2D eigenvalue weighted by molar-refractivity contribution is 0.700. The lowest BCUT2D eigenvalue weighted by Crippen LogP contribution is -2.01. The fourth-order valence-corrected chi connectivity index (χ4v) is 4.55. The molecule has 22 heavy (non-hydrogen) atoms. The van der Waals surface area contributed by atoms with Crippen LogP contribution in [0, 0.1) is 6.92 Å². The van der Waals surface area contributed by atoms with E-state index in [-0.39, 0.29) is 0 Å². The molecule has 0 fully saturated rings. The molecule has 3 aromatic rings. The quantitative estimate of drug-likeness (QED) is 0.695. The van der Waals surface area contributed by atoms with Crippen molar-refractivity contribution in [2.24, 2.45) is 0 Å². The summed E-state index contributed by atoms with van der Waals surface area (Å²) in [6.07, 6.45) is 6.45. The highest BCUT2D eigenvalue weighted by atomic mass is 35.5. The van der Waals surface area contributed by atoms with Crippen molar-refractivity contribution in [2.45, 2.75) is 32.6 Å². The molecule has 0 atom stereocenters. The van der Waals surface area contributed by atoms with Crippen LogP contribution in [-0.2, 0) is 12.8 Å². The van der Waals surface area contributed by atoms with Gasteiger partial charge >= 0.3 is 0 Å². The second-order valence-corrected chi connectivity index (χ2v) is 7.21. The van der Waals surface area contributed by atoms with Crippen LogP contribution >= 0.6 is 22.9 Å². The van der Waals surface area contributed by atoms with Crippen LogP contribution in [0.4, 0.5) is 11.5 Å². The number of aromatic nitrogens is 2. The van der Waals surface area contributed by atoms with Crippen molar-refractivity contribution in [1.82, 2.24) is 9.97 Å². The van der Waals surface area contributed by atoms with Crippen LogP contribution in [0.5, 0.6) is 0 Å². The Morgan fingerprint density at radius 2 is 2.05 bits per heavy atom. The molecule has 0 aliphatic heterocycles. The molecule has 0 saturated heterocycles. The van der Waals surface area contributed by atoms with Gasteiger partial charge in [-0.3, -0.25) is 0 Å². The lowest BCUT2D eigenvalue weighted by atomic mass is 9.97. The fourth-order valence-electron chi connectivity index (χ4n) is 3.03. The van der Waals surface area contributed by atoms with E-state index in [4.69, 9.17) is 11.6 Å². The number of hydrogen-bond acceptors (Lipinski definition) is 4. The van der Waals surface area contributed by atoms with Crippen molar-refractivity contribution in [1.29, 1.82) is 0 Å². The summed E-state index contributed by atoms with van der Waals surface area (Å²) in [5.41, 5.74) is 3.47. The minimum Gasteiger partial charge on any atom is -0.338 e. The van der Waals surface area contributed by atoms with E-state index in [0.29, 0.717) is 0 Å². The van der Waals surface area contributed by atoms with Crippen LogP contribution in [0.2, 0.25) is 5.02 Å². The summed E-state index contributed by atoms with van der Waals surface area (Å²) in [4.78, 5) is 11.5. The van der Waals surface area contributed by atoms with Gasteiger partial charge in [0.2, 0.25) is 0 Å². The van der Waals surface area contributed by atoms with E-state index in [1.165, 1.54) is 35.1 Å². The molecule has 0 amide bonds.